The minimum atomic E-state index is -0.438. The lowest BCUT2D eigenvalue weighted by Crippen LogP contribution is -2.13. The molecule has 0 saturated carbocycles. The Morgan fingerprint density at radius 1 is 1.25 bits per heavy atom. The molecule has 0 radical (unpaired) electrons. The van der Waals surface area contributed by atoms with Gasteiger partial charge in [-0.1, -0.05) is 25.8 Å². The molecule has 0 unspecified atom stereocenters. The number of pyridine rings is 1. The zero-order valence-electron chi connectivity index (χ0n) is 14.0. The molecule has 0 saturated heterocycles. The normalized spacial score (nSPS) is 10.6. The Balaban J connectivity index is 2.38. The van der Waals surface area contributed by atoms with Crippen LogP contribution < -0.4 is 5.56 Å². The van der Waals surface area contributed by atoms with Gasteiger partial charge < -0.3 is 9.72 Å². The van der Waals surface area contributed by atoms with Crippen LogP contribution in [0.3, 0.4) is 0 Å². The van der Waals surface area contributed by atoms with E-state index in [2.05, 4.69) is 11.9 Å². The maximum atomic E-state index is 13.6. The monoisotopic (exact) mass is 328 g/mol. The van der Waals surface area contributed by atoms with Gasteiger partial charge in [-0.2, -0.15) is 5.26 Å². The Labute approximate surface area is 140 Å². The van der Waals surface area contributed by atoms with Gasteiger partial charge in [0.1, 0.15) is 17.4 Å². The van der Waals surface area contributed by atoms with Crippen molar-refractivity contribution in [2.24, 2.45) is 0 Å². The molecule has 4 nitrogen and oxygen atoms in total. The lowest BCUT2D eigenvalue weighted by Gasteiger charge is -2.12. The molecule has 126 valence electrons. The fourth-order valence-corrected chi connectivity index (χ4v) is 2.59. The van der Waals surface area contributed by atoms with Crippen LogP contribution in [0.2, 0.25) is 0 Å². The summed E-state index contributed by atoms with van der Waals surface area (Å²) in [6, 6.07) is 7.98. The number of nitrogens with zero attached hydrogens (tertiary/aromatic N) is 1. The largest absolute Gasteiger partial charge is 0.377 e. The minimum absolute atomic E-state index is 0.0273. The number of unbranched alkanes of at least 4 members (excludes halogenated alkanes) is 2. The number of halogens is 1. The number of nitriles is 1. The van der Waals surface area contributed by atoms with Crippen molar-refractivity contribution in [1.82, 2.24) is 4.98 Å². The Kier molecular flexibility index (Phi) is 6.28. The molecule has 2 aromatic rings. The highest BCUT2D eigenvalue weighted by Crippen LogP contribution is 2.27. The van der Waals surface area contributed by atoms with Gasteiger partial charge in [-0.05, 0) is 42.7 Å². The summed E-state index contributed by atoms with van der Waals surface area (Å²) < 4.78 is 19.3. The van der Waals surface area contributed by atoms with E-state index < -0.39 is 5.56 Å². The number of benzene rings is 1. The van der Waals surface area contributed by atoms with Gasteiger partial charge in [0, 0.05) is 17.9 Å². The average molecular weight is 328 g/mol. The molecule has 0 fully saturated rings. The van der Waals surface area contributed by atoms with Crippen molar-refractivity contribution in [1.29, 1.82) is 5.26 Å². The maximum Gasteiger partial charge on any atom is 0.266 e. The molecule has 1 N–H and O–H groups in total. The fraction of sp³-hybridized carbons (Fsp3) is 0.368. The lowest BCUT2D eigenvalue weighted by atomic mass is 9.96. The van der Waals surface area contributed by atoms with Crippen LogP contribution in [-0.4, -0.2) is 11.6 Å². The molecule has 2 rings (SSSR count). The van der Waals surface area contributed by atoms with Crippen molar-refractivity contribution in [3.8, 4) is 17.2 Å². The molecule has 24 heavy (non-hydrogen) atoms. The second-order valence-corrected chi connectivity index (χ2v) is 5.74. The van der Waals surface area contributed by atoms with Crippen molar-refractivity contribution in [3.05, 3.63) is 57.3 Å². The number of aromatic nitrogens is 1. The van der Waals surface area contributed by atoms with Gasteiger partial charge >= 0.3 is 0 Å². The van der Waals surface area contributed by atoms with E-state index in [4.69, 9.17) is 4.74 Å². The summed E-state index contributed by atoms with van der Waals surface area (Å²) in [6.45, 7) is 4.71. The molecular weight excluding hydrogens is 307 g/mol. The van der Waals surface area contributed by atoms with Crippen LogP contribution in [-0.2, 0) is 11.3 Å². The molecule has 0 spiro atoms. The second kappa shape index (κ2) is 8.42. The number of H-pyrrole nitrogens is 1. The highest BCUT2D eigenvalue weighted by atomic mass is 19.1. The van der Waals surface area contributed by atoms with Crippen LogP contribution in [0.5, 0.6) is 0 Å². The standard InChI is InChI=1S/C19H21FN2O2/c1-3-4-5-8-24-12-14-10-15(20)6-7-16(14)17-9-13(2)22-19(23)18(17)11-21/h6-7,9-10H,3-5,8,12H2,1-2H3,(H,22,23). The average Bonchev–Trinajstić information content (AvgIpc) is 2.54. The lowest BCUT2D eigenvalue weighted by molar-refractivity contribution is 0.117. The number of aromatic amines is 1. The van der Waals surface area contributed by atoms with E-state index in [1.54, 1.807) is 19.1 Å². The number of ether oxygens (including phenoxy) is 1. The third-order valence-corrected chi connectivity index (χ3v) is 3.79. The number of hydrogen-bond donors (Lipinski definition) is 1. The smallest absolute Gasteiger partial charge is 0.266 e. The van der Waals surface area contributed by atoms with Crippen LogP contribution in [0.15, 0.2) is 29.1 Å². The predicted octanol–water partition coefficient (Wildman–Crippen LogP) is 4.07. The maximum absolute atomic E-state index is 13.6. The van der Waals surface area contributed by atoms with Crippen molar-refractivity contribution < 1.29 is 9.13 Å². The molecule has 5 heteroatoms. The molecule has 0 bridgehead atoms. The van der Waals surface area contributed by atoms with E-state index in [1.165, 1.54) is 12.1 Å². The third-order valence-electron chi connectivity index (χ3n) is 3.79. The number of rotatable bonds is 7. The quantitative estimate of drug-likeness (QED) is 0.779. The molecule has 0 aliphatic heterocycles. The molecule has 0 atom stereocenters. The topological polar surface area (TPSA) is 65.9 Å². The van der Waals surface area contributed by atoms with Crippen molar-refractivity contribution >= 4 is 0 Å². The van der Waals surface area contributed by atoms with E-state index in [0.29, 0.717) is 29.0 Å². The summed E-state index contributed by atoms with van der Waals surface area (Å²) in [5, 5.41) is 9.29. The summed E-state index contributed by atoms with van der Waals surface area (Å²) in [5.74, 6) is -0.369. The first-order valence-electron chi connectivity index (χ1n) is 8.07. The van der Waals surface area contributed by atoms with E-state index >= 15 is 0 Å². The molecule has 0 aliphatic rings. The van der Waals surface area contributed by atoms with E-state index in [0.717, 1.165) is 19.3 Å². The fourth-order valence-electron chi connectivity index (χ4n) is 2.59. The molecular formula is C19H21FN2O2. The SMILES string of the molecule is CCCCCOCc1cc(F)ccc1-c1cc(C)[nH]c(=O)c1C#N. The van der Waals surface area contributed by atoms with Crippen LogP contribution in [0.4, 0.5) is 4.39 Å². The minimum Gasteiger partial charge on any atom is -0.377 e. The highest BCUT2D eigenvalue weighted by molar-refractivity contribution is 5.73. The summed E-state index contributed by atoms with van der Waals surface area (Å²) in [5.41, 5.74) is 2.02. The summed E-state index contributed by atoms with van der Waals surface area (Å²) >= 11 is 0. The Hall–Kier alpha value is -2.45. The van der Waals surface area contributed by atoms with Crippen LogP contribution in [0, 0.1) is 24.1 Å². The zero-order valence-corrected chi connectivity index (χ0v) is 14.0. The third kappa shape index (κ3) is 4.30. The van der Waals surface area contributed by atoms with Crippen molar-refractivity contribution in [3.63, 3.8) is 0 Å². The van der Waals surface area contributed by atoms with Crippen molar-refractivity contribution in [2.45, 2.75) is 39.7 Å². The molecule has 1 aromatic carbocycles. The Morgan fingerprint density at radius 3 is 2.75 bits per heavy atom. The number of aryl methyl sites for hydroxylation is 1. The van der Waals surface area contributed by atoms with Gasteiger partial charge in [0.15, 0.2) is 0 Å². The van der Waals surface area contributed by atoms with Gasteiger partial charge in [-0.25, -0.2) is 4.39 Å². The predicted molar refractivity (Wildman–Crippen MR) is 91.1 cm³/mol. The molecule has 0 aliphatic carbocycles. The second-order valence-electron chi connectivity index (χ2n) is 5.74. The number of hydrogen-bond acceptors (Lipinski definition) is 3. The molecule has 0 amide bonds. The first kappa shape index (κ1) is 17.9. The summed E-state index contributed by atoms with van der Waals surface area (Å²) in [6.07, 6.45) is 3.14. The van der Waals surface area contributed by atoms with Crippen molar-refractivity contribution in [2.75, 3.05) is 6.61 Å². The van der Waals surface area contributed by atoms with Crippen LogP contribution in [0.25, 0.3) is 11.1 Å². The van der Waals surface area contributed by atoms with Gasteiger partial charge in [-0.15, -0.1) is 0 Å². The zero-order chi connectivity index (χ0) is 17.5. The van der Waals surface area contributed by atoms with E-state index in [1.807, 2.05) is 6.07 Å². The van der Waals surface area contributed by atoms with Gasteiger partial charge in [0.05, 0.1) is 6.61 Å². The molecule has 1 heterocycles. The van der Waals surface area contributed by atoms with Crippen LogP contribution >= 0.6 is 0 Å². The number of nitrogens with one attached hydrogen (secondary N) is 1. The highest BCUT2D eigenvalue weighted by Gasteiger charge is 2.14. The van der Waals surface area contributed by atoms with Gasteiger partial charge in [0.25, 0.3) is 5.56 Å². The van der Waals surface area contributed by atoms with Crippen LogP contribution in [0.1, 0.15) is 43.0 Å². The van der Waals surface area contributed by atoms with E-state index in [9.17, 15) is 14.4 Å². The molecule has 1 aromatic heterocycles. The first-order chi connectivity index (χ1) is 11.6. The summed E-state index contributed by atoms with van der Waals surface area (Å²) in [7, 11) is 0. The van der Waals surface area contributed by atoms with Gasteiger partial charge in [0.2, 0.25) is 0 Å². The van der Waals surface area contributed by atoms with E-state index in [-0.39, 0.29) is 18.0 Å². The first-order valence-corrected chi connectivity index (χ1v) is 8.07. The Morgan fingerprint density at radius 2 is 2.04 bits per heavy atom. The Bertz CT molecular complexity index is 806. The summed E-state index contributed by atoms with van der Waals surface area (Å²) in [4.78, 5) is 14.6. The van der Waals surface area contributed by atoms with Gasteiger partial charge in [-0.3, -0.25) is 4.79 Å².